The van der Waals surface area contributed by atoms with E-state index in [2.05, 4.69) is 20.9 Å². The molecular weight excluding hydrogens is 318 g/mol. The minimum absolute atomic E-state index is 0.0741. The minimum atomic E-state index is -0.564. The lowest BCUT2D eigenvalue weighted by atomic mass is 10.2. The molecule has 1 aromatic heterocycles. The number of nitrogens with zero attached hydrogens (tertiary/aromatic N) is 2. The summed E-state index contributed by atoms with van der Waals surface area (Å²) in [6.07, 6.45) is 1.34. The van der Waals surface area contributed by atoms with Crippen molar-refractivity contribution in [3.05, 3.63) is 71.5 Å². The Morgan fingerprint density at radius 3 is 2.68 bits per heavy atom. The Kier molecular flexibility index (Phi) is 3.61. The lowest BCUT2D eigenvalue weighted by Gasteiger charge is -2.07. The highest BCUT2D eigenvalue weighted by molar-refractivity contribution is 9.10. The molecule has 0 spiro atoms. The van der Waals surface area contributed by atoms with Crippen LogP contribution < -0.4 is 11.2 Å². The molecule has 8 heteroatoms. The zero-order chi connectivity index (χ0) is 14.0. The maximum atomic E-state index is 11.5. The van der Waals surface area contributed by atoms with E-state index in [0.717, 1.165) is 0 Å². The third-order valence-corrected chi connectivity index (χ3v) is 3.41. The molecule has 1 aromatic carbocycles. The molecule has 0 aliphatic rings. The molecule has 98 valence electrons. The molecule has 0 atom stereocenters. The number of aromatic nitrogens is 2. The third-order valence-electron chi connectivity index (χ3n) is 2.49. The molecule has 1 heterocycles. The summed E-state index contributed by atoms with van der Waals surface area (Å²) in [5.74, 6) is 0. The van der Waals surface area contributed by atoms with Gasteiger partial charge in [0.1, 0.15) is 4.47 Å². The Labute approximate surface area is 114 Å². The van der Waals surface area contributed by atoms with Crippen LogP contribution in [-0.4, -0.2) is 14.5 Å². The number of nitro benzene ring substituents is 1. The maximum Gasteiger partial charge on any atom is 0.328 e. The van der Waals surface area contributed by atoms with E-state index in [-0.39, 0.29) is 12.2 Å². The molecule has 0 aliphatic carbocycles. The second-order valence-electron chi connectivity index (χ2n) is 3.75. The van der Waals surface area contributed by atoms with Gasteiger partial charge in [-0.15, -0.1) is 0 Å². The van der Waals surface area contributed by atoms with Crippen LogP contribution in [0.1, 0.15) is 5.56 Å². The van der Waals surface area contributed by atoms with E-state index in [1.165, 1.54) is 29.0 Å². The largest absolute Gasteiger partial charge is 0.328 e. The molecule has 0 aliphatic heterocycles. The summed E-state index contributed by atoms with van der Waals surface area (Å²) < 4.78 is 1.57. The Hall–Kier alpha value is -2.22. The summed E-state index contributed by atoms with van der Waals surface area (Å²) >= 11 is 3.15. The first-order valence-electron chi connectivity index (χ1n) is 5.20. The van der Waals surface area contributed by atoms with Gasteiger partial charge in [-0.1, -0.05) is 12.1 Å². The van der Waals surface area contributed by atoms with Gasteiger partial charge in [-0.2, -0.15) is 0 Å². The summed E-state index contributed by atoms with van der Waals surface area (Å²) in [5, 5.41) is 10.8. The summed E-state index contributed by atoms with van der Waals surface area (Å²) in [6, 6.07) is 5.78. The van der Waals surface area contributed by atoms with Crippen LogP contribution in [0.5, 0.6) is 0 Å². The summed E-state index contributed by atoms with van der Waals surface area (Å²) in [4.78, 5) is 34.9. The van der Waals surface area contributed by atoms with Crippen molar-refractivity contribution in [1.82, 2.24) is 9.55 Å². The monoisotopic (exact) mass is 325 g/mol. The summed E-state index contributed by atoms with van der Waals surface area (Å²) in [5.41, 5.74) is -0.552. The number of hydrogen-bond donors (Lipinski definition) is 1. The van der Waals surface area contributed by atoms with Crippen LogP contribution in [0.25, 0.3) is 0 Å². The molecule has 0 saturated heterocycles. The number of benzene rings is 1. The highest BCUT2D eigenvalue weighted by Gasteiger charge is 2.15. The molecule has 1 N–H and O–H groups in total. The molecule has 7 nitrogen and oxygen atoms in total. The predicted octanol–water partition coefficient (Wildman–Crippen LogP) is 1.26. The smallest absolute Gasteiger partial charge is 0.296 e. The fourth-order valence-corrected chi connectivity index (χ4v) is 2.12. The molecule has 0 fully saturated rings. The van der Waals surface area contributed by atoms with E-state index < -0.39 is 16.2 Å². The van der Waals surface area contributed by atoms with Crippen molar-refractivity contribution in [2.75, 3.05) is 0 Å². The number of hydrogen-bond acceptors (Lipinski definition) is 4. The quantitative estimate of drug-likeness (QED) is 0.678. The Balaban J connectivity index is 2.44. The fourth-order valence-electron chi connectivity index (χ4n) is 1.58. The Bertz CT molecular complexity index is 750. The topological polar surface area (TPSA) is 98.0 Å². The van der Waals surface area contributed by atoms with E-state index in [1.54, 1.807) is 6.07 Å². The van der Waals surface area contributed by atoms with E-state index in [9.17, 15) is 19.7 Å². The maximum absolute atomic E-state index is 11.5. The second kappa shape index (κ2) is 5.19. The normalized spacial score (nSPS) is 10.4. The van der Waals surface area contributed by atoms with E-state index in [0.29, 0.717) is 10.0 Å². The van der Waals surface area contributed by atoms with Gasteiger partial charge < -0.3 is 0 Å². The number of aromatic amines is 1. The highest BCUT2D eigenvalue weighted by atomic mass is 79.9. The zero-order valence-corrected chi connectivity index (χ0v) is 11.1. The molecule has 0 saturated carbocycles. The highest BCUT2D eigenvalue weighted by Crippen LogP contribution is 2.28. The van der Waals surface area contributed by atoms with Crippen LogP contribution in [0.2, 0.25) is 0 Å². The zero-order valence-electron chi connectivity index (χ0n) is 9.50. The van der Waals surface area contributed by atoms with Gasteiger partial charge in [0.05, 0.1) is 11.5 Å². The molecule has 0 amide bonds. The number of rotatable bonds is 3. The van der Waals surface area contributed by atoms with Gasteiger partial charge in [-0.05, 0) is 21.5 Å². The first-order chi connectivity index (χ1) is 8.99. The van der Waals surface area contributed by atoms with Crippen molar-refractivity contribution in [3.8, 4) is 0 Å². The van der Waals surface area contributed by atoms with Gasteiger partial charge >= 0.3 is 5.69 Å². The van der Waals surface area contributed by atoms with Gasteiger partial charge in [0.25, 0.3) is 11.2 Å². The van der Waals surface area contributed by atoms with Gasteiger partial charge in [-0.25, -0.2) is 4.79 Å². The second-order valence-corrected chi connectivity index (χ2v) is 4.54. The van der Waals surface area contributed by atoms with Crippen LogP contribution >= 0.6 is 15.9 Å². The number of halogens is 1. The van der Waals surface area contributed by atoms with Crippen molar-refractivity contribution in [2.24, 2.45) is 0 Å². The molecule has 0 radical (unpaired) electrons. The first-order valence-corrected chi connectivity index (χ1v) is 6.00. The molecule has 2 rings (SSSR count). The average molecular weight is 326 g/mol. The lowest BCUT2D eigenvalue weighted by molar-refractivity contribution is -0.385. The fraction of sp³-hybridized carbons (Fsp3) is 0.0909. The minimum Gasteiger partial charge on any atom is -0.296 e. The molecular formula is C11H8BrN3O4. The summed E-state index contributed by atoms with van der Waals surface area (Å²) in [6.45, 7) is 0.123. The van der Waals surface area contributed by atoms with Crippen molar-refractivity contribution in [1.29, 1.82) is 0 Å². The van der Waals surface area contributed by atoms with Crippen molar-refractivity contribution >= 4 is 21.6 Å². The van der Waals surface area contributed by atoms with E-state index >= 15 is 0 Å². The standard InChI is InChI=1S/C11H8BrN3O4/c12-10-7(2-1-3-8(10)15(18)19)6-14-5-4-9(16)13-11(14)17/h1-5H,6H2,(H,13,16,17). The van der Waals surface area contributed by atoms with Crippen LogP contribution in [0.3, 0.4) is 0 Å². The third kappa shape index (κ3) is 2.79. The van der Waals surface area contributed by atoms with Crippen LogP contribution in [0.15, 0.2) is 44.5 Å². The molecule has 0 bridgehead atoms. The molecule has 2 aromatic rings. The number of H-pyrrole nitrogens is 1. The first kappa shape index (κ1) is 13.2. The van der Waals surface area contributed by atoms with Gasteiger partial charge in [0.2, 0.25) is 0 Å². The van der Waals surface area contributed by atoms with Gasteiger partial charge in [-0.3, -0.25) is 24.5 Å². The van der Waals surface area contributed by atoms with E-state index in [1.807, 2.05) is 0 Å². The molecule has 0 unspecified atom stereocenters. The van der Waals surface area contributed by atoms with Crippen molar-refractivity contribution < 1.29 is 4.92 Å². The predicted molar refractivity (Wildman–Crippen MR) is 71.2 cm³/mol. The van der Waals surface area contributed by atoms with Crippen molar-refractivity contribution in [2.45, 2.75) is 6.54 Å². The Morgan fingerprint density at radius 1 is 1.32 bits per heavy atom. The summed E-state index contributed by atoms with van der Waals surface area (Å²) in [7, 11) is 0. The van der Waals surface area contributed by atoms with E-state index in [4.69, 9.17) is 0 Å². The number of nitrogens with one attached hydrogen (secondary N) is 1. The van der Waals surface area contributed by atoms with Gasteiger partial charge in [0, 0.05) is 18.3 Å². The average Bonchev–Trinajstić information content (AvgIpc) is 2.34. The van der Waals surface area contributed by atoms with Crippen LogP contribution in [0.4, 0.5) is 5.69 Å². The Morgan fingerprint density at radius 2 is 2.05 bits per heavy atom. The van der Waals surface area contributed by atoms with Crippen LogP contribution in [0, 0.1) is 10.1 Å². The molecule has 19 heavy (non-hydrogen) atoms. The number of nitro groups is 1. The van der Waals surface area contributed by atoms with Crippen molar-refractivity contribution in [3.63, 3.8) is 0 Å². The lowest BCUT2D eigenvalue weighted by Crippen LogP contribution is -2.28. The van der Waals surface area contributed by atoms with Crippen LogP contribution in [-0.2, 0) is 6.54 Å². The SMILES string of the molecule is O=c1ccn(Cc2cccc([N+](=O)[O-])c2Br)c(=O)[nH]1. The van der Waals surface area contributed by atoms with Gasteiger partial charge in [0.15, 0.2) is 0 Å².